The van der Waals surface area contributed by atoms with E-state index in [1.807, 2.05) is 33.3 Å². The first kappa shape index (κ1) is 76.0. The lowest BCUT2D eigenvalue weighted by Gasteiger charge is -2.27. The average Bonchev–Trinajstić information content (AvgIpc) is 3.40. The Bertz CT molecular complexity index is 1470. The molecule has 0 aliphatic heterocycles. The minimum absolute atomic E-state index is 0.0367. The fraction of sp³-hybridized carbons (Fsp3) is 0.853. The Morgan fingerprint density at radius 1 is 0.449 bits per heavy atom. The molecule has 0 fully saturated rings. The van der Waals surface area contributed by atoms with Gasteiger partial charge in [-0.05, 0) is 70.3 Å². The third kappa shape index (κ3) is 58.6. The number of hydrogen-bond donors (Lipinski definition) is 2. The molecule has 3 atom stereocenters. The Morgan fingerprint density at radius 3 is 1.19 bits per heavy atom. The van der Waals surface area contributed by atoms with Gasteiger partial charge in [0.1, 0.15) is 19.3 Å². The van der Waals surface area contributed by atoms with E-state index in [0.29, 0.717) is 23.9 Å². The van der Waals surface area contributed by atoms with Crippen molar-refractivity contribution in [1.82, 2.24) is 5.32 Å². The number of carbonyl (C=O) groups is 2. The number of esters is 1. The van der Waals surface area contributed by atoms with E-state index in [1.54, 1.807) is 0 Å². The van der Waals surface area contributed by atoms with Gasteiger partial charge in [-0.25, -0.2) is 4.57 Å². The van der Waals surface area contributed by atoms with Crippen LogP contribution in [0, 0.1) is 0 Å². The number of phosphoric ester groups is 1. The first-order chi connectivity index (χ1) is 37.9. The van der Waals surface area contributed by atoms with Crippen molar-refractivity contribution < 1.29 is 37.3 Å². The molecule has 9 nitrogen and oxygen atoms in total. The number of nitrogens with one attached hydrogen (secondary N) is 1. The molecular formula is C68H130N2O7P+. The molecule has 458 valence electrons. The molecule has 2 N–H and O–H groups in total. The summed E-state index contributed by atoms with van der Waals surface area (Å²) in [5.74, 6) is -0.517. The molecule has 0 aliphatic rings. The van der Waals surface area contributed by atoms with Crippen LogP contribution >= 0.6 is 7.82 Å². The summed E-state index contributed by atoms with van der Waals surface area (Å²) >= 11 is 0. The summed E-state index contributed by atoms with van der Waals surface area (Å²) in [7, 11) is 1.49. The summed E-state index contributed by atoms with van der Waals surface area (Å²) in [6, 6.07) is -0.858. The highest BCUT2D eigenvalue weighted by Crippen LogP contribution is 2.43. The second-order valence-electron chi connectivity index (χ2n) is 24.0. The number of quaternary nitrogens is 1. The van der Waals surface area contributed by atoms with Gasteiger partial charge >= 0.3 is 13.8 Å². The van der Waals surface area contributed by atoms with E-state index < -0.39 is 20.0 Å². The summed E-state index contributed by atoms with van der Waals surface area (Å²) in [6.45, 7) is 7.01. The van der Waals surface area contributed by atoms with Crippen molar-refractivity contribution in [3.63, 3.8) is 0 Å². The highest BCUT2D eigenvalue weighted by molar-refractivity contribution is 7.47. The van der Waals surface area contributed by atoms with Crippen LogP contribution in [0.25, 0.3) is 0 Å². The predicted molar refractivity (Wildman–Crippen MR) is 337 cm³/mol. The third-order valence-corrected chi connectivity index (χ3v) is 16.0. The lowest BCUT2D eigenvalue weighted by atomic mass is 10.0. The summed E-state index contributed by atoms with van der Waals surface area (Å²) in [4.78, 5) is 37.8. The van der Waals surface area contributed by atoms with Crippen LogP contribution < -0.4 is 5.32 Å². The zero-order valence-corrected chi connectivity index (χ0v) is 53.3. The number of unbranched alkanes of at least 4 members (excludes halogenated alkanes) is 39. The number of likely N-dealkylation sites (N-methyl/N-ethyl adjacent to an activating group) is 1. The average molecular weight is 1120 g/mol. The molecule has 78 heavy (non-hydrogen) atoms. The van der Waals surface area contributed by atoms with Crippen LogP contribution in [0.3, 0.4) is 0 Å². The molecule has 0 aromatic carbocycles. The Morgan fingerprint density at radius 2 is 0.782 bits per heavy atom. The van der Waals surface area contributed by atoms with Gasteiger partial charge in [0.05, 0.1) is 33.8 Å². The molecule has 0 aromatic rings. The number of ether oxygens (including phenoxy) is 1. The van der Waals surface area contributed by atoms with Crippen LogP contribution in [0.15, 0.2) is 48.6 Å². The number of hydrogen-bond acceptors (Lipinski definition) is 6. The van der Waals surface area contributed by atoms with E-state index in [0.717, 1.165) is 83.5 Å². The van der Waals surface area contributed by atoms with Crippen LogP contribution in [0.1, 0.15) is 323 Å². The number of nitrogens with zero attached hydrogens (tertiary/aromatic N) is 1. The van der Waals surface area contributed by atoms with E-state index in [2.05, 4.69) is 62.5 Å². The molecule has 0 saturated heterocycles. The molecule has 0 aromatic heterocycles. The maximum absolute atomic E-state index is 13.6. The van der Waals surface area contributed by atoms with Crippen molar-refractivity contribution in [2.45, 2.75) is 335 Å². The second-order valence-corrected chi connectivity index (χ2v) is 25.5. The molecule has 0 spiro atoms. The predicted octanol–water partition coefficient (Wildman–Crippen LogP) is 20.8. The van der Waals surface area contributed by atoms with E-state index in [9.17, 15) is 19.0 Å². The van der Waals surface area contributed by atoms with Crippen molar-refractivity contribution in [2.75, 3.05) is 40.9 Å². The van der Waals surface area contributed by atoms with Gasteiger partial charge < -0.3 is 19.4 Å². The molecule has 0 radical (unpaired) electrons. The van der Waals surface area contributed by atoms with Gasteiger partial charge in [-0.3, -0.25) is 18.6 Å². The molecule has 0 heterocycles. The Kier molecular flexibility index (Phi) is 56.7. The van der Waals surface area contributed by atoms with Crippen LogP contribution in [0.4, 0.5) is 0 Å². The van der Waals surface area contributed by atoms with Crippen molar-refractivity contribution in [2.24, 2.45) is 0 Å². The molecule has 0 aliphatic carbocycles. The van der Waals surface area contributed by atoms with Crippen molar-refractivity contribution in [1.29, 1.82) is 0 Å². The van der Waals surface area contributed by atoms with Gasteiger partial charge in [0.2, 0.25) is 5.91 Å². The van der Waals surface area contributed by atoms with E-state index in [1.165, 1.54) is 205 Å². The quantitative estimate of drug-likeness (QED) is 0.0205. The topological polar surface area (TPSA) is 111 Å². The largest absolute Gasteiger partial charge is 0.472 e. The molecule has 0 rings (SSSR count). The van der Waals surface area contributed by atoms with Gasteiger partial charge in [0.25, 0.3) is 0 Å². The summed E-state index contributed by atoms with van der Waals surface area (Å²) in [5.41, 5.74) is 0. The lowest BCUT2D eigenvalue weighted by molar-refractivity contribution is -0.870. The number of rotatable bonds is 61. The van der Waals surface area contributed by atoms with Crippen molar-refractivity contribution in [3.8, 4) is 0 Å². The smallest absolute Gasteiger partial charge is 0.456 e. The maximum Gasteiger partial charge on any atom is 0.472 e. The zero-order valence-electron chi connectivity index (χ0n) is 52.4. The van der Waals surface area contributed by atoms with Crippen LogP contribution in [0.2, 0.25) is 0 Å². The molecule has 10 heteroatoms. The molecular weight excluding hydrogens is 988 g/mol. The Balaban J connectivity index is 5.14. The number of amides is 1. The van der Waals surface area contributed by atoms with E-state index >= 15 is 0 Å². The first-order valence-electron chi connectivity index (χ1n) is 33.5. The van der Waals surface area contributed by atoms with Gasteiger partial charge in [0.15, 0.2) is 0 Å². The third-order valence-electron chi connectivity index (χ3n) is 15.0. The zero-order chi connectivity index (χ0) is 57.2. The van der Waals surface area contributed by atoms with Crippen molar-refractivity contribution in [3.05, 3.63) is 48.6 Å². The highest BCUT2D eigenvalue weighted by Gasteiger charge is 2.30. The standard InChI is InChI=1S/C68H129N2O7P/c1-7-10-13-16-19-22-25-28-30-32-33-34-35-36-37-39-41-43-46-49-52-55-58-61-68(72)77-66(59-56-53-50-47-44-27-24-21-18-15-12-9-3)65(64-76-78(73,74)75-63-62-70(4,5)6)69-67(71)60-57-54-51-48-45-42-40-38-31-29-26-23-20-17-14-11-8-2/h20,23,29,31,40,42,56,59,65-66H,7-19,21-22,24-28,30,32-39,41,43-55,57-58,60-64H2,1-6H3,(H-,69,71,73,74)/p+1/b23-20-,31-29-,42-40-,59-56-. The van der Waals surface area contributed by atoms with Crippen LogP contribution in [0.5, 0.6) is 0 Å². The fourth-order valence-electron chi connectivity index (χ4n) is 9.83. The molecule has 0 saturated carbocycles. The van der Waals surface area contributed by atoms with Crippen LogP contribution in [-0.4, -0.2) is 74.3 Å². The Labute approximate surface area is 484 Å². The SMILES string of the molecule is CCCCC/C=C\C/C=C\C/C=C\CCCCCCC(=O)NC(COP(=O)(O)OCC[N+](C)(C)C)C(/C=C\CCCCCCCCCCCC)OC(=O)CCCCCCCCCCCCCCCCCCCCCCCCC. The number of phosphoric acid groups is 1. The summed E-state index contributed by atoms with van der Waals surface area (Å²) in [6.07, 6.45) is 72.6. The minimum atomic E-state index is -4.45. The van der Waals surface area contributed by atoms with Gasteiger partial charge in [-0.1, -0.05) is 288 Å². The summed E-state index contributed by atoms with van der Waals surface area (Å²) < 4.78 is 30.7. The lowest BCUT2D eigenvalue weighted by Crippen LogP contribution is -2.47. The number of allylic oxidation sites excluding steroid dienone is 7. The summed E-state index contributed by atoms with van der Waals surface area (Å²) in [5, 5.41) is 3.05. The van der Waals surface area contributed by atoms with E-state index in [-0.39, 0.29) is 25.1 Å². The molecule has 0 bridgehead atoms. The number of carbonyl (C=O) groups excluding carboxylic acids is 2. The van der Waals surface area contributed by atoms with Gasteiger partial charge in [-0.15, -0.1) is 0 Å². The second kappa shape index (κ2) is 58.2. The fourth-order valence-corrected chi connectivity index (χ4v) is 10.6. The Hall–Kier alpha value is -2.03. The van der Waals surface area contributed by atoms with Crippen LogP contribution in [-0.2, 0) is 27.9 Å². The molecule has 1 amide bonds. The van der Waals surface area contributed by atoms with Crippen molar-refractivity contribution >= 4 is 19.7 Å². The highest BCUT2D eigenvalue weighted by atomic mass is 31.2. The van der Waals surface area contributed by atoms with Gasteiger partial charge in [0, 0.05) is 12.8 Å². The first-order valence-corrected chi connectivity index (χ1v) is 35.0. The van der Waals surface area contributed by atoms with E-state index in [4.69, 9.17) is 13.8 Å². The monoisotopic (exact) mass is 1120 g/mol. The maximum atomic E-state index is 13.6. The minimum Gasteiger partial charge on any atom is -0.456 e. The molecule has 3 unspecified atom stereocenters. The van der Waals surface area contributed by atoms with Gasteiger partial charge in [-0.2, -0.15) is 0 Å². The normalized spacial score (nSPS) is 13.9.